The number of fused-ring (bicyclic) bond motifs is 1. The van der Waals surface area contributed by atoms with Crippen LogP contribution in [0.1, 0.15) is 24.4 Å². The van der Waals surface area contributed by atoms with Crippen molar-refractivity contribution in [2.24, 2.45) is 0 Å². The van der Waals surface area contributed by atoms with Gasteiger partial charge in [-0.1, -0.05) is 13.8 Å². The van der Waals surface area contributed by atoms with Gasteiger partial charge in [0.25, 0.3) is 0 Å². The molecule has 0 saturated heterocycles. The molecule has 2 aromatic rings. The second kappa shape index (κ2) is 3.71. The van der Waals surface area contributed by atoms with E-state index in [4.69, 9.17) is 0 Å². The Hall–Kier alpha value is -0.870. The molecule has 0 aliphatic carbocycles. The molecule has 0 atom stereocenters. The molecule has 3 nitrogen and oxygen atoms in total. The quantitative estimate of drug-likeness (QED) is 0.839. The summed E-state index contributed by atoms with van der Waals surface area (Å²) in [6, 6.07) is 0.514. The smallest absolute Gasteiger partial charge is 0.194 e. The molecule has 0 aliphatic heterocycles. The van der Waals surface area contributed by atoms with Gasteiger partial charge in [-0.25, -0.2) is 4.98 Å². The lowest BCUT2D eigenvalue weighted by atomic mass is 10.3. The maximum atomic E-state index is 4.36. The zero-order chi connectivity index (χ0) is 10.1. The molecule has 0 amide bonds. The fourth-order valence-electron chi connectivity index (χ4n) is 1.38. The second-order valence-electron chi connectivity index (χ2n) is 3.78. The third-order valence-corrected chi connectivity index (χ3v) is 3.01. The van der Waals surface area contributed by atoms with E-state index in [9.17, 15) is 0 Å². The van der Waals surface area contributed by atoms with Crippen LogP contribution in [0.3, 0.4) is 0 Å². The molecule has 0 bridgehead atoms. The lowest BCUT2D eigenvalue weighted by molar-refractivity contribution is 0.579. The van der Waals surface area contributed by atoms with Crippen molar-refractivity contribution in [3.05, 3.63) is 23.0 Å². The molecule has 0 aliphatic rings. The van der Waals surface area contributed by atoms with Crippen molar-refractivity contribution < 1.29 is 0 Å². The van der Waals surface area contributed by atoms with E-state index in [1.54, 1.807) is 11.3 Å². The molecule has 4 heteroatoms. The molecule has 0 aromatic carbocycles. The summed E-state index contributed by atoms with van der Waals surface area (Å²) in [5, 5.41) is 3.39. The Morgan fingerprint density at radius 2 is 2.36 bits per heavy atom. The topological polar surface area (TPSA) is 29.3 Å². The zero-order valence-electron chi connectivity index (χ0n) is 8.74. The molecule has 0 fully saturated rings. The van der Waals surface area contributed by atoms with Crippen molar-refractivity contribution in [1.29, 1.82) is 0 Å². The normalized spacial score (nSPS) is 11.7. The predicted octanol–water partition coefficient (Wildman–Crippen LogP) is 2.20. The van der Waals surface area contributed by atoms with Gasteiger partial charge in [0.15, 0.2) is 4.96 Å². The number of hydrogen-bond donors (Lipinski definition) is 1. The van der Waals surface area contributed by atoms with Gasteiger partial charge in [0.1, 0.15) is 0 Å². The summed E-state index contributed by atoms with van der Waals surface area (Å²) < 4.78 is 2.16. The Kier molecular flexibility index (Phi) is 2.56. The SMILES string of the molecule is Cc1cn2c(CNC(C)C)cnc2s1. The van der Waals surface area contributed by atoms with E-state index in [0.717, 1.165) is 11.5 Å². The third-order valence-electron chi connectivity index (χ3n) is 2.09. The molecule has 2 aromatic heterocycles. The van der Waals surface area contributed by atoms with Crippen molar-refractivity contribution in [1.82, 2.24) is 14.7 Å². The number of rotatable bonds is 3. The number of nitrogens with one attached hydrogen (secondary N) is 1. The van der Waals surface area contributed by atoms with Crippen LogP contribution in [0.25, 0.3) is 4.96 Å². The van der Waals surface area contributed by atoms with Crippen LogP contribution in [0.15, 0.2) is 12.4 Å². The first-order chi connectivity index (χ1) is 6.66. The van der Waals surface area contributed by atoms with Crippen LogP contribution in [-0.2, 0) is 6.54 Å². The Labute approximate surface area is 87.8 Å². The third kappa shape index (κ3) is 1.81. The highest BCUT2D eigenvalue weighted by molar-refractivity contribution is 7.16. The van der Waals surface area contributed by atoms with E-state index in [-0.39, 0.29) is 0 Å². The summed E-state index contributed by atoms with van der Waals surface area (Å²) in [6.45, 7) is 7.29. The highest BCUT2D eigenvalue weighted by Gasteiger charge is 2.05. The Bertz CT molecular complexity index is 427. The predicted molar refractivity (Wildman–Crippen MR) is 59.8 cm³/mol. The number of aryl methyl sites for hydroxylation is 1. The van der Waals surface area contributed by atoms with Crippen molar-refractivity contribution >= 4 is 16.3 Å². The summed E-state index contributed by atoms with van der Waals surface area (Å²) in [5.41, 5.74) is 1.23. The molecule has 14 heavy (non-hydrogen) atoms. The molecule has 0 radical (unpaired) electrons. The first kappa shape index (κ1) is 9.68. The van der Waals surface area contributed by atoms with Gasteiger partial charge in [-0.3, -0.25) is 4.40 Å². The summed E-state index contributed by atoms with van der Waals surface area (Å²) in [7, 11) is 0. The van der Waals surface area contributed by atoms with Gasteiger partial charge in [0.05, 0.1) is 11.9 Å². The van der Waals surface area contributed by atoms with Crippen LogP contribution in [0.5, 0.6) is 0 Å². The van der Waals surface area contributed by atoms with Crippen molar-refractivity contribution in [2.75, 3.05) is 0 Å². The van der Waals surface area contributed by atoms with Crippen LogP contribution >= 0.6 is 11.3 Å². The summed E-state index contributed by atoms with van der Waals surface area (Å²) >= 11 is 1.73. The molecular weight excluding hydrogens is 194 g/mol. The zero-order valence-corrected chi connectivity index (χ0v) is 9.56. The van der Waals surface area contributed by atoms with Crippen LogP contribution < -0.4 is 5.32 Å². The highest BCUT2D eigenvalue weighted by Crippen LogP contribution is 2.17. The van der Waals surface area contributed by atoms with Gasteiger partial charge in [-0.15, -0.1) is 11.3 Å². The number of hydrogen-bond acceptors (Lipinski definition) is 3. The van der Waals surface area contributed by atoms with Crippen LogP contribution in [0, 0.1) is 6.92 Å². The van der Waals surface area contributed by atoms with Crippen molar-refractivity contribution in [3.8, 4) is 0 Å². The minimum atomic E-state index is 0.514. The molecule has 1 N–H and O–H groups in total. The van der Waals surface area contributed by atoms with Gasteiger partial charge in [-0.2, -0.15) is 0 Å². The maximum absolute atomic E-state index is 4.36. The van der Waals surface area contributed by atoms with Crippen molar-refractivity contribution in [3.63, 3.8) is 0 Å². The fourth-order valence-corrected chi connectivity index (χ4v) is 2.20. The van der Waals surface area contributed by atoms with Gasteiger partial charge >= 0.3 is 0 Å². The minimum Gasteiger partial charge on any atom is -0.309 e. The molecule has 0 spiro atoms. The van der Waals surface area contributed by atoms with Crippen molar-refractivity contribution in [2.45, 2.75) is 33.4 Å². The van der Waals surface area contributed by atoms with Gasteiger partial charge < -0.3 is 5.32 Å². The van der Waals surface area contributed by atoms with E-state index in [0.29, 0.717) is 6.04 Å². The fraction of sp³-hybridized carbons (Fsp3) is 0.500. The first-order valence-electron chi connectivity index (χ1n) is 4.82. The molecule has 2 rings (SSSR count). The van der Waals surface area contributed by atoms with E-state index >= 15 is 0 Å². The van der Waals surface area contributed by atoms with E-state index in [2.05, 4.69) is 41.7 Å². The molecule has 0 saturated carbocycles. The van der Waals surface area contributed by atoms with Crippen LogP contribution in [0.2, 0.25) is 0 Å². The second-order valence-corrected chi connectivity index (χ2v) is 4.99. The van der Waals surface area contributed by atoms with Gasteiger partial charge in [0.2, 0.25) is 0 Å². The lowest BCUT2D eigenvalue weighted by Crippen LogP contribution is -2.22. The number of thiazole rings is 1. The average molecular weight is 209 g/mol. The molecular formula is C10H15N3S. The highest BCUT2D eigenvalue weighted by atomic mass is 32.1. The van der Waals surface area contributed by atoms with Crippen LogP contribution in [-0.4, -0.2) is 15.4 Å². The minimum absolute atomic E-state index is 0.514. The first-order valence-corrected chi connectivity index (χ1v) is 5.64. The average Bonchev–Trinajstić information content (AvgIpc) is 2.60. The molecule has 2 heterocycles. The molecule has 0 unspecified atom stereocenters. The number of nitrogens with zero attached hydrogens (tertiary/aromatic N) is 2. The summed E-state index contributed by atoms with van der Waals surface area (Å²) in [6.07, 6.45) is 4.09. The monoisotopic (exact) mass is 209 g/mol. The Balaban J connectivity index is 2.24. The van der Waals surface area contributed by atoms with Gasteiger partial charge in [-0.05, 0) is 6.92 Å². The maximum Gasteiger partial charge on any atom is 0.194 e. The Morgan fingerprint density at radius 1 is 1.57 bits per heavy atom. The standard InChI is InChI=1S/C10H15N3S/c1-7(2)11-4-9-5-12-10-13(9)6-8(3)14-10/h5-7,11H,4H2,1-3H3. The summed E-state index contributed by atoms with van der Waals surface area (Å²) in [4.78, 5) is 6.75. The lowest BCUT2D eigenvalue weighted by Gasteiger charge is -2.06. The molecule has 76 valence electrons. The van der Waals surface area contributed by atoms with E-state index in [1.165, 1.54) is 10.6 Å². The van der Waals surface area contributed by atoms with Gasteiger partial charge in [0, 0.05) is 23.7 Å². The number of aromatic nitrogens is 2. The van der Waals surface area contributed by atoms with E-state index in [1.807, 2.05) is 6.20 Å². The summed E-state index contributed by atoms with van der Waals surface area (Å²) in [5.74, 6) is 0. The Morgan fingerprint density at radius 3 is 3.07 bits per heavy atom. The van der Waals surface area contributed by atoms with Crippen LogP contribution in [0.4, 0.5) is 0 Å². The largest absolute Gasteiger partial charge is 0.309 e. The van der Waals surface area contributed by atoms with E-state index < -0.39 is 0 Å². The number of imidazole rings is 1.